The Kier molecular flexibility index (Phi) is 3.83. The third kappa shape index (κ3) is 2.84. The molecule has 1 aromatic rings. The number of aromatic amines is 1. The largest absolute Gasteiger partial charge is 0.456 e. The van der Waals surface area contributed by atoms with E-state index in [1.54, 1.807) is 0 Å². The van der Waals surface area contributed by atoms with E-state index in [4.69, 9.17) is 5.11 Å². The van der Waals surface area contributed by atoms with Crippen LogP contribution in [0.2, 0.25) is 0 Å². The number of aliphatic hydroxyl groups is 1. The summed E-state index contributed by atoms with van der Waals surface area (Å²) in [6.45, 7) is 0. The van der Waals surface area contributed by atoms with Gasteiger partial charge in [0.25, 0.3) is 11.4 Å². The number of aromatic nitrogens is 1. The van der Waals surface area contributed by atoms with Gasteiger partial charge in [0.15, 0.2) is 0 Å². The van der Waals surface area contributed by atoms with Crippen LogP contribution in [0, 0.1) is 0 Å². The fraction of sp³-hybridized carbons (Fsp3) is 0.444. The molecule has 21 heavy (non-hydrogen) atoms. The maximum atomic E-state index is 12.4. The maximum absolute atomic E-state index is 12.4. The highest BCUT2D eigenvalue weighted by atomic mass is 19.4. The van der Waals surface area contributed by atoms with Crippen molar-refractivity contribution in [1.82, 2.24) is 4.98 Å². The van der Waals surface area contributed by atoms with Crippen LogP contribution in [0.1, 0.15) is 16.2 Å². The fourth-order valence-electron chi connectivity index (χ4n) is 1.36. The van der Waals surface area contributed by atoms with Crippen LogP contribution in [-0.2, 0) is 5.60 Å². The molecule has 0 amide bonds. The molecule has 0 aliphatic carbocycles. The molecule has 0 saturated heterocycles. The SMILES string of the molecule is O=C(c1ccc(C(O)(C(F)(F)F)C(F)(F)F)[nH]1)C(F)(F)F. The van der Waals surface area contributed by atoms with E-state index in [0.29, 0.717) is 0 Å². The normalized spacial score (nSPS) is 14.4. The van der Waals surface area contributed by atoms with Crippen molar-refractivity contribution in [2.45, 2.75) is 24.1 Å². The summed E-state index contributed by atoms with van der Waals surface area (Å²) in [5.74, 6) is -2.68. The minimum atomic E-state index is -6.27. The second kappa shape index (κ2) is 4.64. The number of rotatable bonds is 2. The number of halogens is 9. The molecular weight excluding hydrogens is 325 g/mol. The van der Waals surface area contributed by atoms with Gasteiger partial charge in [-0.25, -0.2) is 0 Å². The topological polar surface area (TPSA) is 53.1 Å². The first-order valence-corrected chi connectivity index (χ1v) is 4.79. The van der Waals surface area contributed by atoms with Crippen molar-refractivity contribution in [2.75, 3.05) is 0 Å². The monoisotopic (exact) mass is 329 g/mol. The molecule has 0 fully saturated rings. The van der Waals surface area contributed by atoms with Crippen LogP contribution < -0.4 is 0 Å². The highest BCUT2D eigenvalue weighted by Gasteiger charge is 2.72. The number of ketones is 1. The van der Waals surface area contributed by atoms with Crippen molar-refractivity contribution >= 4 is 5.78 Å². The van der Waals surface area contributed by atoms with Gasteiger partial charge in [-0.3, -0.25) is 4.79 Å². The van der Waals surface area contributed by atoms with Crippen molar-refractivity contribution < 1.29 is 49.4 Å². The summed E-state index contributed by atoms with van der Waals surface area (Å²) in [7, 11) is 0. The first kappa shape index (κ1) is 17.3. The van der Waals surface area contributed by atoms with E-state index < -0.39 is 41.3 Å². The van der Waals surface area contributed by atoms with Gasteiger partial charge in [0.1, 0.15) is 0 Å². The summed E-state index contributed by atoms with van der Waals surface area (Å²) < 4.78 is 111. The lowest BCUT2D eigenvalue weighted by atomic mass is 9.98. The Morgan fingerprint density at radius 3 is 1.67 bits per heavy atom. The van der Waals surface area contributed by atoms with Crippen molar-refractivity contribution in [1.29, 1.82) is 0 Å². The highest BCUT2D eigenvalue weighted by molar-refractivity contribution is 5.98. The zero-order chi connectivity index (χ0) is 16.9. The molecule has 0 aliphatic heterocycles. The van der Waals surface area contributed by atoms with E-state index in [1.807, 2.05) is 0 Å². The summed E-state index contributed by atoms with van der Waals surface area (Å²) >= 11 is 0. The van der Waals surface area contributed by atoms with Crippen molar-refractivity contribution in [2.24, 2.45) is 0 Å². The van der Waals surface area contributed by atoms with E-state index in [0.717, 1.165) is 4.98 Å². The van der Waals surface area contributed by atoms with E-state index in [1.165, 1.54) is 0 Å². The first-order chi connectivity index (χ1) is 9.12. The van der Waals surface area contributed by atoms with Crippen molar-refractivity contribution in [3.05, 3.63) is 23.5 Å². The number of carbonyl (C=O) groups excluding carboxylic acids is 1. The zero-order valence-electron chi connectivity index (χ0n) is 9.41. The van der Waals surface area contributed by atoms with Gasteiger partial charge in [-0.05, 0) is 12.1 Å². The summed E-state index contributed by atoms with van der Waals surface area (Å²) in [6, 6.07) is -0.0342. The van der Waals surface area contributed by atoms with Crippen LogP contribution in [0.15, 0.2) is 12.1 Å². The van der Waals surface area contributed by atoms with Crippen molar-refractivity contribution in [3.8, 4) is 0 Å². The number of hydrogen-bond acceptors (Lipinski definition) is 2. The van der Waals surface area contributed by atoms with Crippen LogP contribution in [0.5, 0.6) is 0 Å². The van der Waals surface area contributed by atoms with Gasteiger partial charge in [0.05, 0.1) is 11.4 Å². The van der Waals surface area contributed by atoms with E-state index >= 15 is 0 Å². The lowest BCUT2D eigenvalue weighted by molar-refractivity contribution is -0.377. The van der Waals surface area contributed by atoms with Crippen LogP contribution in [0.25, 0.3) is 0 Å². The molecule has 0 aromatic carbocycles. The number of alkyl halides is 9. The van der Waals surface area contributed by atoms with E-state index in [9.17, 15) is 44.3 Å². The molecule has 0 spiro atoms. The summed E-state index contributed by atoms with van der Waals surface area (Å²) in [5.41, 5.74) is -9.04. The Morgan fingerprint density at radius 2 is 1.33 bits per heavy atom. The van der Waals surface area contributed by atoms with Crippen LogP contribution in [-0.4, -0.2) is 34.4 Å². The molecule has 3 nitrogen and oxygen atoms in total. The molecule has 0 aliphatic rings. The highest BCUT2D eigenvalue weighted by Crippen LogP contribution is 2.49. The van der Waals surface area contributed by atoms with Crippen LogP contribution >= 0.6 is 0 Å². The average Bonchev–Trinajstić information content (AvgIpc) is 2.71. The molecule has 0 radical (unpaired) electrons. The fourth-order valence-corrected chi connectivity index (χ4v) is 1.36. The zero-order valence-corrected chi connectivity index (χ0v) is 9.41. The number of hydrogen-bond donors (Lipinski definition) is 2. The van der Waals surface area contributed by atoms with E-state index in [-0.39, 0.29) is 12.1 Å². The average molecular weight is 329 g/mol. The Morgan fingerprint density at radius 1 is 0.905 bits per heavy atom. The summed E-state index contributed by atoms with van der Waals surface area (Å²) in [4.78, 5) is 11.7. The second-order valence-corrected chi connectivity index (χ2v) is 3.82. The molecule has 2 N–H and O–H groups in total. The minimum absolute atomic E-state index is 0.0631. The molecule has 0 saturated carbocycles. The molecule has 0 atom stereocenters. The molecule has 0 bridgehead atoms. The first-order valence-electron chi connectivity index (χ1n) is 4.79. The summed E-state index contributed by atoms with van der Waals surface area (Å²) in [5, 5.41) is 8.88. The van der Waals surface area contributed by atoms with E-state index in [2.05, 4.69) is 0 Å². The number of nitrogens with one attached hydrogen (secondary N) is 1. The molecule has 1 aromatic heterocycles. The predicted molar refractivity (Wildman–Crippen MR) is 47.2 cm³/mol. The maximum Gasteiger partial charge on any atom is 0.456 e. The number of Topliss-reactive ketones (excluding diaryl/α,β-unsaturated/α-hetero) is 1. The van der Waals surface area contributed by atoms with Gasteiger partial charge >= 0.3 is 18.5 Å². The summed E-state index contributed by atoms with van der Waals surface area (Å²) in [6.07, 6.45) is -18.0. The standard InChI is InChI=1S/C9H4F9NO2/c10-7(11,12)5(20)3-1-2-4(19-3)6(21,8(13,14)15)9(16,17)18/h1-2,19,21H. The van der Waals surface area contributed by atoms with Crippen molar-refractivity contribution in [3.63, 3.8) is 0 Å². The molecule has 120 valence electrons. The molecule has 1 rings (SSSR count). The van der Waals surface area contributed by atoms with Crippen LogP contribution in [0.4, 0.5) is 39.5 Å². The Balaban J connectivity index is 3.39. The third-order valence-electron chi connectivity index (χ3n) is 2.40. The Labute approximate surface area is 109 Å². The minimum Gasteiger partial charge on any atom is -0.368 e. The lowest BCUT2D eigenvalue weighted by Gasteiger charge is -2.31. The van der Waals surface area contributed by atoms with Gasteiger partial charge in [-0.1, -0.05) is 0 Å². The Bertz CT molecular complexity index is 523. The quantitative estimate of drug-likeness (QED) is 0.647. The van der Waals surface area contributed by atoms with Crippen LogP contribution in [0.3, 0.4) is 0 Å². The third-order valence-corrected chi connectivity index (χ3v) is 2.40. The molecule has 0 unspecified atom stereocenters. The van der Waals surface area contributed by atoms with Gasteiger partial charge in [-0.2, -0.15) is 39.5 Å². The van der Waals surface area contributed by atoms with Gasteiger partial charge < -0.3 is 10.1 Å². The molecular formula is C9H4F9NO2. The molecule has 12 heteroatoms. The van der Waals surface area contributed by atoms with Gasteiger partial charge in [-0.15, -0.1) is 0 Å². The number of carbonyl (C=O) groups is 1. The lowest BCUT2D eigenvalue weighted by Crippen LogP contribution is -2.54. The second-order valence-electron chi connectivity index (χ2n) is 3.82. The molecule has 1 heterocycles. The Hall–Kier alpha value is -1.72. The predicted octanol–water partition coefficient (Wildman–Crippen LogP) is 3.07. The van der Waals surface area contributed by atoms with Gasteiger partial charge in [0, 0.05) is 0 Å². The number of H-pyrrole nitrogens is 1. The van der Waals surface area contributed by atoms with Gasteiger partial charge in [0.2, 0.25) is 0 Å². The smallest absolute Gasteiger partial charge is 0.368 e.